The number of nitrogens with zero attached hydrogens (tertiary/aromatic N) is 2. The number of nitrogen functional groups attached to an aromatic ring is 1. The van der Waals surface area contributed by atoms with Gasteiger partial charge in [0.15, 0.2) is 0 Å². The normalized spacial score (nSPS) is 9.77. The summed E-state index contributed by atoms with van der Waals surface area (Å²) in [5.74, 6) is 0.0867. The Labute approximate surface area is 76.4 Å². The highest BCUT2D eigenvalue weighted by atomic mass is 16.1. The van der Waals surface area contributed by atoms with Crippen LogP contribution in [0.3, 0.4) is 0 Å². The molecule has 0 spiro atoms. The van der Waals surface area contributed by atoms with E-state index in [0.29, 0.717) is 17.1 Å². The van der Waals surface area contributed by atoms with Crippen molar-refractivity contribution in [3.63, 3.8) is 0 Å². The highest BCUT2D eigenvalue weighted by Gasteiger charge is 2.07. The van der Waals surface area contributed by atoms with E-state index in [1.165, 1.54) is 6.92 Å². The van der Waals surface area contributed by atoms with Crippen LogP contribution in [0, 0.1) is 13.8 Å². The van der Waals surface area contributed by atoms with Crippen molar-refractivity contribution in [1.82, 2.24) is 9.97 Å². The van der Waals surface area contributed by atoms with Gasteiger partial charge in [0, 0.05) is 6.92 Å². The topological polar surface area (TPSA) is 80.9 Å². The Morgan fingerprint density at radius 1 is 1.31 bits per heavy atom. The fourth-order valence-electron chi connectivity index (χ4n) is 1.10. The SMILES string of the molecule is CC(=O)Nc1c(C)nc(N)nc1C. The van der Waals surface area contributed by atoms with Gasteiger partial charge in [-0.1, -0.05) is 0 Å². The molecule has 0 saturated carbocycles. The van der Waals surface area contributed by atoms with Crippen molar-refractivity contribution in [2.75, 3.05) is 11.1 Å². The summed E-state index contributed by atoms with van der Waals surface area (Å²) in [5, 5.41) is 2.65. The molecule has 1 rings (SSSR count). The van der Waals surface area contributed by atoms with Gasteiger partial charge < -0.3 is 11.1 Å². The smallest absolute Gasteiger partial charge is 0.221 e. The van der Waals surface area contributed by atoms with Crippen molar-refractivity contribution >= 4 is 17.5 Å². The highest BCUT2D eigenvalue weighted by molar-refractivity contribution is 5.89. The van der Waals surface area contributed by atoms with E-state index in [1.54, 1.807) is 13.8 Å². The summed E-state index contributed by atoms with van der Waals surface area (Å²) in [5.41, 5.74) is 7.43. The Morgan fingerprint density at radius 3 is 2.15 bits per heavy atom. The summed E-state index contributed by atoms with van der Waals surface area (Å²) in [6.45, 7) is 4.99. The van der Waals surface area contributed by atoms with Crippen molar-refractivity contribution in [3.05, 3.63) is 11.4 Å². The first-order chi connectivity index (χ1) is 6.00. The summed E-state index contributed by atoms with van der Waals surface area (Å²) >= 11 is 0. The standard InChI is InChI=1S/C8H12N4O/c1-4-7(12-6(3)13)5(2)11-8(9)10-4/h1-3H3,(H,12,13)(H2,9,10,11). The monoisotopic (exact) mass is 180 g/mol. The molecular formula is C8H12N4O. The molecular weight excluding hydrogens is 168 g/mol. The van der Waals surface area contributed by atoms with Gasteiger partial charge in [-0.15, -0.1) is 0 Å². The average Bonchev–Trinajstić information content (AvgIpc) is 1.96. The van der Waals surface area contributed by atoms with Crippen LogP contribution < -0.4 is 11.1 Å². The summed E-state index contributed by atoms with van der Waals surface area (Å²) in [4.78, 5) is 18.7. The van der Waals surface area contributed by atoms with Gasteiger partial charge in [-0.3, -0.25) is 4.79 Å². The van der Waals surface area contributed by atoms with Crippen LogP contribution in [0.5, 0.6) is 0 Å². The number of amides is 1. The fraction of sp³-hybridized carbons (Fsp3) is 0.375. The van der Waals surface area contributed by atoms with E-state index >= 15 is 0 Å². The van der Waals surface area contributed by atoms with Gasteiger partial charge in [-0.25, -0.2) is 9.97 Å². The van der Waals surface area contributed by atoms with E-state index in [-0.39, 0.29) is 11.9 Å². The van der Waals surface area contributed by atoms with E-state index in [1.807, 2.05) is 0 Å². The number of nitrogens with two attached hydrogens (primary N) is 1. The lowest BCUT2D eigenvalue weighted by atomic mass is 10.3. The summed E-state index contributed by atoms with van der Waals surface area (Å²) in [7, 11) is 0. The zero-order valence-corrected chi connectivity index (χ0v) is 7.88. The lowest BCUT2D eigenvalue weighted by Gasteiger charge is -2.08. The Balaban J connectivity index is 3.13. The van der Waals surface area contributed by atoms with Gasteiger partial charge in [0.1, 0.15) is 0 Å². The van der Waals surface area contributed by atoms with E-state index in [9.17, 15) is 4.79 Å². The molecule has 0 saturated heterocycles. The third-order valence-electron chi connectivity index (χ3n) is 1.59. The number of nitrogens with one attached hydrogen (secondary N) is 1. The fourth-order valence-corrected chi connectivity index (χ4v) is 1.10. The van der Waals surface area contributed by atoms with Crippen molar-refractivity contribution in [2.24, 2.45) is 0 Å². The minimum Gasteiger partial charge on any atom is -0.368 e. The first-order valence-corrected chi connectivity index (χ1v) is 3.89. The molecule has 0 aliphatic carbocycles. The van der Waals surface area contributed by atoms with Crippen molar-refractivity contribution in [2.45, 2.75) is 20.8 Å². The van der Waals surface area contributed by atoms with Gasteiger partial charge in [-0.05, 0) is 13.8 Å². The molecule has 1 aromatic heterocycles. The molecule has 0 aliphatic heterocycles. The quantitative estimate of drug-likeness (QED) is 0.664. The molecule has 0 aliphatic rings. The molecule has 3 N–H and O–H groups in total. The van der Waals surface area contributed by atoms with E-state index in [2.05, 4.69) is 15.3 Å². The minimum absolute atomic E-state index is 0.139. The van der Waals surface area contributed by atoms with Crippen LogP contribution in [0.2, 0.25) is 0 Å². The van der Waals surface area contributed by atoms with Crippen molar-refractivity contribution in [1.29, 1.82) is 0 Å². The molecule has 1 heterocycles. The molecule has 13 heavy (non-hydrogen) atoms. The number of aryl methyl sites for hydroxylation is 2. The van der Waals surface area contributed by atoms with Gasteiger partial charge in [0.05, 0.1) is 17.1 Å². The maximum atomic E-state index is 10.8. The van der Waals surface area contributed by atoms with Crippen LogP contribution in [-0.2, 0) is 4.79 Å². The largest absolute Gasteiger partial charge is 0.368 e. The summed E-state index contributed by atoms with van der Waals surface area (Å²) in [6, 6.07) is 0. The van der Waals surface area contributed by atoms with E-state index in [0.717, 1.165) is 0 Å². The number of anilines is 2. The lowest BCUT2D eigenvalue weighted by molar-refractivity contribution is -0.114. The van der Waals surface area contributed by atoms with Crippen LogP contribution in [-0.4, -0.2) is 15.9 Å². The molecule has 0 fully saturated rings. The summed E-state index contributed by atoms with van der Waals surface area (Å²) < 4.78 is 0. The van der Waals surface area contributed by atoms with E-state index < -0.39 is 0 Å². The minimum atomic E-state index is -0.139. The molecule has 0 aromatic carbocycles. The molecule has 0 unspecified atom stereocenters. The number of rotatable bonds is 1. The van der Waals surface area contributed by atoms with Crippen LogP contribution in [0.4, 0.5) is 11.6 Å². The van der Waals surface area contributed by atoms with Crippen LogP contribution >= 0.6 is 0 Å². The second-order valence-corrected chi connectivity index (χ2v) is 2.81. The molecule has 5 heteroatoms. The lowest BCUT2D eigenvalue weighted by Crippen LogP contribution is -2.11. The first-order valence-electron chi connectivity index (χ1n) is 3.89. The number of hydrogen-bond donors (Lipinski definition) is 2. The third kappa shape index (κ3) is 2.14. The zero-order chi connectivity index (χ0) is 10.0. The van der Waals surface area contributed by atoms with Crippen LogP contribution in [0.15, 0.2) is 0 Å². The molecule has 1 amide bonds. The number of aromatic nitrogens is 2. The molecule has 0 radical (unpaired) electrons. The van der Waals surface area contributed by atoms with Crippen LogP contribution in [0.25, 0.3) is 0 Å². The second-order valence-electron chi connectivity index (χ2n) is 2.81. The van der Waals surface area contributed by atoms with Gasteiger partial charge in [0.2, 0.25) is 11.9 Å². The molecule has 5 nitrogen and oxygen atoms in total. The summed E-state index contributed by atoms with van der Waals surface area (Å²) in [6.07, 6.45) is 0. The van der Waals surface area contributed by atoms with Crippen molar-refractivity contribution < 1.29 is 4.79 Å². The number of carbonyl (C=O) groups excluding carboxylic acids is 1. The highest BCUT2D eigenvalue weighted by Crippen LogP contribution is 2.16. The molecule has 1 aromatic rings. The Morgan fingerprint density at radius 2 is 1.77 bits per heavy atom. The molecule has 0 atom stereocenters. The molecule has 0 bridgehead atoms. The number of carbonyl (C=O) groups is 1. The van der Waals surface area contributed by atoms with Gasteiger partial charge in [0.25, 0.3) is 0 Å². The van der Waals surface area contributed by atoms with Gasteiger partial charge in [-0.2, -0.15) is 0 Å². The number of hydrogen-bond acceptors (Lipinski definition) is 4. The Hall–Kier alpha value is -1.65. The average molecular weight is 180 g/mol. The maximum absolute atomic E-state index is 10.8. The second kappa shape index (κ2) is 3.38. The van der Waals surface area contributed by atoms with Gasteiger partial charge >= 0.3 is 0 Å². The molecule has 70 valence electrons. The Kier molecular flexibility index (Phi) is 2.46. The zero-order valence-electron chi connectivity index (χ0n) is 7.88. The predicted octanol–water partition coefficient (Wildman–Crippen LogP) is 0.634. The Bertz CT molecular complexity index is 325. The third-order valence-corrected chi connectivity index (χ3v) is 1.59. The van der Waals surface area contributed by atoms with Crippen molar-refractivity contribution in [3.8, 4) is 0 Å². The van der Waals surface area contributed by atoms with Crippen LogP contribution in [0.1, 0.15) is 18.3 Å². The van der Waals surface area contributed by atoms with E-state index in [4.69, 9.17) is 5.73 Å². The first kappa shape index (κ1) is 9.44. The predicted molar refractivity (Wildman–Crippen MR) is 50.2 cm³/mol. The maximum Gasteiger partial charge on any atom is 0.221 e.